The zero-order valence-electron chi connectivity index (χ0n) is 14.1. The smallest absolute Gasteiger partial charge is 0.225 e. The van der Waals surface area contributed by atoms with Crippen molar-refractivity contribution in [1.29, 1.82) is 0 Å². The Bertz CT molecular complexity index is 767. The van der Waals surface area contributed by atoms with Crippen molar-refractivity contribution in [2.75, 3.05) is 23.4 Å². The number of amides is 1. The van der Waals surface area contributed by atoms with Crippen LogP contribution in [0.2, 0.25) is 0 Å². The molecular formula is C19H20F2N2O2S. The molecule has 1 aliphatic heterocycles. The lowest BCUT2D eigenvalue weighted by Crippen LogP contribution is -2.39. The molecule has 0 saturated carbocycles. The van der Waals surface area contributed by atoms with Gasteiger partial charge >= 0.3 is 0 Å². The van der Waals surface area contributed by atoms with E-state index in [1.54, 1.807) is 18.2 Å². The zero-order valence-corrected chi connectivity index (χ0v) is 15.0. The molecular weight excluding hydrogens is 358 g/mol. The highest BCUT2D eigenvalue weighted by molar-refractivity contribution is 7.99. The molecule has 2 aromatic carbocycles. The Hall–Kier alpha value is -2.12. The monoisotopic (exact) mass is 378 g/mol. The van der Waals surface area contributed by atoms with E-state index in [4.69, 9.17) is 4.74 Å². The third-order valence-electron chi connectivity index (χ3n) is 3.93. The number of halogens is 2. The molecule has 0 spiro atoms. The van der Waals surface area contributed by atoms with Gasteiger partial charge in [0.2, 0.25) is 5.91 Å². The normalized spacial score (nSPS) is 16.9. The van der Waals surface area contributed by atoms with Crippen LogP contribution >= 0.6 is 11.8 Å². The lowest BCUT2D eigenvalue weighted by molar-refractivity contribution is -0.116. The van der Waals surface area contributed by atoms with Crippen LogP contribution in [0.4, 0.5) is 14.5 Å². The average Bonchev–Trinajstić information content (AvgIpc) is 2.62. The summed E-state index contributed by atoms with van der Waals surface area (Å²) in [5.41, 5.74) is 0.994. The van der Waals surface area contributed by atoms with E-state index in [2.05, 4.69) is 10.6 Å². The van der Waals surface area contributed by atoms with Crippen LogP contribution in [0.25, 0.3) is 0 Å². The first-order valence-electron chi connectivity index (χ1n) is 8.38. The molecule has 1 amide bonds. The van der Waals surface area contributed by atoms with Crippen LogP contribution in [0.3, 0.4) is 0 Å². The van der Waals surface area contributed by atoms with Gasteiger partial charge in [0.25, 0.3) is 0 Å². The highest BCUT2D eigenvalue weighted by Crippen LogP contribution is 2.23. The van der Waals surface area contributed by atoms with Gasteiger partial charge in [0.15, 0.2) is 11.6 Å². The number of nitrogens with one attached hydrogen (secondary N) is 2. The number of carbonyl (C=O) groups is 1. The van der Waals surface area contributed by atoms with Crippen molar-refractivity contribution in [2.24, 2.45) is 0 Å². The predicted octanol–water partition coefficient (Wildman–Crippen LogP) is 3.58. The molecule has 138 valence electrons. The SMILES string of the molecule is O=C(CC1CSCCN1)Nc1ccc(OCc2cccc(F)c2)c(F)c1. The number of carbonyl (C=O) groups excluding carboxylic acids is 1. The topological polar surface area (TPSA) is 50.4 Å². The van der Waals surface area contributed by atoms with E-state index in [9.17, 15) is 13.6 Å². The second kappa shape index (κ2) is 9.00. The number of benzene rings is 2. The highest BCUT2D eigenvalue weighted by Gasteiger charge is 2.17. The Kier molecular flexibility index (Phi) is 6.46. The molecule has 0 radical (unpaired) electrons. The van der Waals surface area contributed by atoms with Crippen molar-refractivity contribution in [3.63, 3.8) is 0 Å². The van der Waals surface area contributed by atoms with Crippen molar-refractivity contribution < 1.29 is 18.3 Å². The van der Waals surface area contributed by atoms with Gasteiger partial charge in [0.05, 0.1) is 0 Å². The maximum absolute atomic E-state index is 14.2. The summed E-state index contributed by atoms with van der Waals surface area (Å²) in [5, 5.41) is 6.00. The van der Waals surface area contributed by atoms with Crippen LogP contribution in [-0.2, 0) is 11.4 Å². The van der Waals surface area contributed by atoms with Crippen LogP contribution < -0.4 is 15.4 Å². The van der Waals surface area contributed by atoms with Crippen LogP contribution in [0.15, 0.2) is 42.5 Å². The van der Waals surface area contributed by atoms with E-state index in [0.29, 0.717) is 17.7 Å². The number of rotatable bonds is 6. The summed E-state index contributed by atoms with van der Waals surface area (Å²) >= 11 is 1.82. The highest BCUT2D eigenvalue weighted by atomic mass is 32.2. The minimum absolute atomic E-state index is 0.0533. The van der Waals surface area contributed by atoms with Gasteiger partial charge in [-0.1, -0.05) is 12.1 Å². The first-order valence-corrected chi connectivity index (χ1v) is 9.53. The van der Waals surface area contributed by atoms with E-state index >= 15 is 0 Å². The summed E-state index contributed by atoms with van der Waals surface area (Å²) in [6.07, 6.45) is 0.354. The van der Waals surface area contributed by atoms with Crippen molar-refractivity contribution in [1.82, 2.24) is 5.32 Å². The van der Waals surface area contributed by atoms with Crippen LogP contribution in [0.5, 0.6) is 5.75 Å². The first-order chi connectivity index (χ1) is 12.6. The van der Waals surface area contributed by atoms with Gasteiger partial charge in [-0.15, -0.1) is 0 Å². The van der Waals surface area contributed by atoms with Gasteiger partial charge < -0.3 is 15.4 Å². The molecule has 1 fully saturated rings. The standard InChI is InChI=1S/C19H20F2N2O2S/c20-14-3-1-2-13(8-14)11-25-18-5-4-15(9-17(18)21)23-19(24)10-16-12-26-7-6-22-16/h1-5,8-9,16,22H,6-7,10-12H2,(H,23,24). The number of ether oxygens (including phenoxy) is 1. The summed E-state index contributed by atoms with van der Waals surface area (Å²) in [6.45, 7) is 0.958. The van der Waals surface area contributed by atoms with Gasteiger partial charge in [-0.05, 0) is 29.8 Å². The fourth-order valence-corrected chi connectivity index (χ4v) is 3.62. The largest absolute Gasteiger partial charge is 0.486 e. The molecule has 1 heterocycles. The zero-order chi connectivity index (χ0) is 18.4. The second-order valence-corrected chi connectivity index (χ2v) is 7.19. The average molecular weight is 378 g/mol. The molecule has 1 saturated heterocycles. The van der Waals surface area contributed by atoms with Crippen molar-refractivity contribution in [3.05, 3.63) is 59.7 Å². The van der Waals surface area contributed by atoms with Gasteiger partial charge in [0, 0.05) is 42.3 Å². The van der Waals surface area contributed by atoms with Gasteiger partial charge in [-0.2, -0.15) is 11.8 Å². The number of thioether (sulfide) groups is 1. The summed E-state index contributed by atoms with van der Waals surface area (Å²) < 4.78 is 32.7. The van der Waals surface area contributed by atoms with Crippen molar-refractivity contribution >= 4 is 23.4 Å². The van der Waals surface area contributed by atoms with Gasteiger partial charge in [-0.25, -0.2) is 8.78 Å². The molecule has 2 N–H and O–H groups in total. The Morgan fingerprint density at radius 1 is 1.27 bits per heavy atom. The molecule has 0 aromatic heterocycles. The number of hydrogen-bond donors (Lipinski definition) is 2. The molecule has 1 aliphatic rings. The quantitative estimate of drug-likeness (QED) is 0.807. The molecule has 0 aliphatic carbocycles. The third-order valence-corrected chi connectivity index (χ3v) is 5.06. The minimum Gasteiger partial charge on any atom is -0.486 e. The van der Waals surface area contributed by atoms with Crippen molar-refractivity contribution in [2.45, 2.75) is 19.1 Å². The van der Waals surface area contributed by atoms with E-state index in [0.717, 1.165) is 18.1 Å². The summed E-state index contributed by atoms with van der Waals surface area (Å²) in [5.74, 6) is 0.908. The molecule has 3 rings (SSSR count). The maximum Gasteiger partial charge on any atom is 0.225 e. The number of hydrogen-bond acceptors (Lipinski definition) is 4. The minimum atomic E-state index is -0.578. The Morgan fingerprint density at radius 3 is 2.88 bits per heavy atom. The van der Waals surface area contributed by atoms with Crippen LogP contribution in [0, 0.1) is 11.6 Å². The Balaban J connectivity index is 1.54. The van der Waals surface area contributed by atoms with Crippen LogP contribution in [0.1, 0.15) is 12.0 Å². The fraction of sp³-hybridized carbons (Fsp3) is 0.316. The molecule has 26 heavy (non-hydrogen) atoms. The summed E-state index contributed by atoms with van der Waals surface area (Å²) in [7, 11) is 0. The molecule has 1 atom stereocenters. The van der Waals surface area contributed by atoms with Gasteiger partial charge in [-0.3, -0.25) is 4.79 Å². The fourth-order valence-electron chi connectivity index (χ4n) is 2.67. The lowest BCUT2D eigenvalue weighted by atomic mass is 10.2. The van der Waals surface area contributed by atoms with E-state index in [1.165, 1.54) is 24.3 Å². The molecule has 1 unspecified atom stereocenters. The number of anilines is 1. The van der Waals surface area contributed by atoms with Crippen molar-refractivity contribution in [3.8, 4) is 5.75 Å². The van der Waals surface area contributed by atoms with Gasteiger partial charge in [0.1, 0.15) is 12.4 Å². The maximum atomic E-state index is 14.2. The molecule has 0 bridgehead atoms. The second-order valence-electron chi connectivity index (χ2n) is 6.04. The molecule has 4 nitrogen and oxygen atoms in total. The van der Waals surface area contributed by atoms with E-state index in [-0.39, 0.29) is 30.1 Å². The lowest BCUT2D eigenvalue weighted by Gasteiger charge is -2.22. The molecule has 2 aromatic rings. The van der Waals surface area contributed by atoms with E-state index < -0.39 is 5.82 Å². The first kappa shape index (κ1) is 18.7. The Morgan fingerprint density at radius 2 is 2.15 bits per heavy atom. The summed E-state index contributed by atoms with van der Waals surface area (Å²) in [4.78, 5) is 12.1. The van der Waals surface area contributed by atoms with E-state index in [1.807, 2.05) is 11.8 Å². The third kappa shape index (κ3) is 5.44. The summed E-state index contributed by atoms with van der Waals surface area (Å²) in [6, 6.07) is 10.4. The van der Waals surface area contributed by atoms with Crippen LogP contribution in [-0.4, -0.2) is 30.0 Å². The predicted molar refractivity (Wildman–Crippen MR) is 99.5 cm³/mol. The Labute approximate surface area is 155 Å². The molecule has 7 heteroatoms.